The second-order valence-electron chi connectivity index (χ2n) is 2.68. The molecule has 1 nitrogen and oxygen atoms in total. The van der Waals surface area contributed by atoms with Gasteiger partial charge in [-0.3, -0.25) is 0 Å². The van der Waals surface area contributed by atoms with E-state index in [1.807, 2.05) is 0 Å². The van der Waals surface area contributed by atoms with Crippen LogP contribution in [0.3, 0.4) is 0 Å². The zero-order valence-corrected chi connectivity index (χ0v) is 5.50. The fraction of sp³-hybridized carbons (Fsp3) is 0.500. The lowest BCUT2D eigenvalue weighted by atomic mass is 9.80. The van der Waals surface area contributed by atoms with Crippen LogP contribution in [0.15, 0.2) is 24.3 Å². The van der Waals surface area contributed by atoms with Crippen LogP contribution >= 0.6 is 0 Å². The number of rotatable bonds is 1. The Morgan fingerprint density at radius 1 is 1.56 bits per heavy atom. The van der Waals surface area contributed by atoms with Crippen molar-refractivity contribution in [1.29, 1.82) is 0 Å². The van der Waals surface area contributed by atoms with E-state index in [1.54, 1.807) is 7.11 Å². The number of methoxy groups -OCH3 is 1. The van der Waals surface area contributed by atoms with Crippen molar-refractivity contribution < 1.29 is 4.74 Å². The molecule has 0 heterocycles. The molecule has 48 valence electrons. The lowest BCUT2D eigenvalue weighted by molar-refractivity contribution is 0.00503. The first-order valence-corrected chi connectivity index (χ1v) is 3.28. The third-order valence-electron chi connectivity index (χ3n) is 2.31. The molecule has 2 atom stereocenters. The molecule has 0 aromatic carbocycles. The van der Waals surface area contributed by atoms with Gasteiger partial charge in [-0.2, -0.15) is 0 Å². The van der Waals surface area contributed by atoms with Gasteiger partial charge in [-0.1, -0.05) is 24.3 Å². The summed E-state index contributed by atoms with van der Waals surface area (Å²) in [7, 11) is 1.78. The number of ether oxygens (including phenoxy) is 1. The number of fused-ring (bicyclic) bond motifs is 1. The SMILES string of the molecule is COC12C=CC1C=CC2. The van der Waals surface area contributed by atoms with Crippen LogP contribution in [0.5, 0.6) is 0 Å². The molecule has 0 bridgehead atoms. The molecule has 2 unspecified atom stereocenters. The topological polar surface area (TPSA) is 9.23 Å². The van der Waals surface area contributed by atoms with Crippen molar-refractivity contribution in [3.63, 3.8) is 0 Å². The van der Waals surface area contributed by atoms with Gasteiger partial charge < -0.3 is 4.74 Å². The van der Waals surface area contributed by atoms with Crippen molar-refractivity contribution in [1.82, 2.24) is 0 Å². The summed E-state index contributed by atoms with van der Waals surface area (Å²) in [5, 5.41) is 0. The van der Waals surface area contributed by atoms with E-state index < -0.39 is 0 Å². The maximum Gasteiger partial charge on any atom is 0.0989 e. The van der Waals surface area contributed by atoms with Crippen molar-refractivity contribution in [2.75, 3.05) is 7.11 Å². The zero-order valence-electron chi connectivity index (χ0n) is 5.50. The summed E-state index contributed by atoms with van der Waals surface area (Å²) in [6.45, 7) is 0. The summed E-state index contributed by atoms with van der Waals surface area (Å²) in [6.07, 6.45) is 9.80. The van der Waals surface area contributed by atoms with Crippen molar-refractivity contribution >= 4 is 0 Å². The first-order chi connectivity index (χ1) is 4.37. The average Bonchev–Trinajstić information content (AvgIpc) is 2.10. The summed E-state index contributed by atoms with van der Waals surface area (Å²) in [6, 6.07) is 0. The van der Waals surface area contributed by atoms with Crippen LogP contribution in [-0.2, 0) is 4.74 Å². The quantitative estimate of drug-likeness (QED) is 0.479. The highest BCUT2D eigenvalue weighted by Gasteiger charge is 2.41. The summed E-state index contributed by atoms with van der Waals surface area (Å²) < 4.78 is 5.35. The molecule has 0 aliphatic heterocycles. The molecule has 0 saturated carbocycles. The summed E-state index contributed by atoms with van der Waals surface area (Å²) >= 11 is 0. The predicted molar refractivity (Wildman–Crippen MR) is 36.1 cm³/mol. The van der Waals surface area contributed by atoms with Crippen LogP contribution in [0.1, 0.15) is 6.42 Å². The fourth-order valence-electron chi connectivity index (χ4n) is 1.54. The van der Waals surface area contributed by atoms with Gasteiger partial charge in [-0.05, 0) is 6.42 Å². The van der Waals surface area contributed by atoms with Gasteiger partial charge in [0.2, 0.25) is 0 Å². The Kier molecular flexibility index (Phi) is 0.862. The minimum atomic E-state index is 0.0833. The standard InChI is InChI=1S/C8H10O/c1-9-8-5-2-3-7(8)4-6-8/h2-4,6-7H,5H2,1H3. The maximum atomic E-state index is 5.35. The lowest BCUT2D eigenvalue weighted by Crippen LogP contribution is -2.38. The highest BCUT2D eigenvalue weighted by atomic mass is 16.5. The van der Waals surface area contributed by atoms with Crippen molar-refractivity contribution in [3.8, 4) is 0 Å². The van der Waals surface area contributed by atoms with E-state index >= 15 is 0 Å². The largest absolute Gasteiger partial charge is 0.373 e. The average molecular weight is 122 g/mol. The molecule has 0 spiro atoms. The van der Waals surface area contributed by atoms with E-state index in [0.717, 1.165) is 6.42 Å². The second-order valence-corrected chi connectivity index (χ2v) is 2.68. The number of hydrogen-bond donors (Lipinski definition) is 0. The van der Waals surface area contributed by atoms with E-state index in [9.17, 15) is 0 Å². The van der Waals surface area contributed by atoms with Gasteiger partial charge in [0.05, 0.1) is 5.60 Å². The van der Waals surface area contributed by atoms with E-state index in [0.29, 0.717) is 5.92 Å². The summed E-state index contributed by atoms with van der Waals surface area (Å²) in [5.74, 6) is 0.572. The molecule has 9 heavy (non-hydrogen) atoms. The van der Waals surface area contributed by atoms with Crippen LogP contribution in [0.2, 0.25) is 0 Å². The normalized spacial score (nSPS) is 44.8. The van der Waals surface area contributed by atoms with Crippen LogP contribution in [0.25, 0.3) is 0 Å². The molecule has 1 heteroatoms. The van der Waals surface area contributed by atoms with Crippen LogP contribution in [0.4, 0.5) is 0 Å². The minimum Gasteiger partial charge on any atom is -0.373 e. The van der Waals surface area contributed by atoms with Gasteiger partial charge in [0, 0.05) is 13.0 Å². The highest BCUT2D eigenvalue weighted by Crippen LogP contribution is 2.42. The van der Waals surface area contributed by atoms with Gasteiger partial charge in [-0.25, -0.2) is 0 Å². The second kappa shape index (κ2) is 1.48. The van der Waals surface area contributed by atoms with E-state index in [1.165, 1.54) is 0 Å². The third-order valence-corrected chi connectivity index (χ3v) is 2.31. The van der Waals surface area contributed by atoms with Gasteiger partial charge in [0.1, 0.15) is 0 Å². The van der Waals surface area contributed by atoms with Crippen molar-refractivity contribution in [2.24, 2.45) is 5.92 Å². The molecular weight excluding hydrogens is 112 g/mol. The Hall–Kier alpha value is -0.560. The van der Waals surface area contributed by atoms with E-state index in [4.69, 9.17) is 4.74 Å². The maximum absolute atomic E-state index is 5.35. The Labute approximate surface area is 55.0 Å². The highest BCUT2D eigenvalue weighted by molar-refractivity contribution is 5.33. The van der Waals surface area contributed by atoms with Gasteiger partial charge in [0.25, 0.3) is 0 Å². The smallest absolute Gasteiger partial charge is 0.0989 e. The van der Waals surface area contributed by atoms with Crippen molar-refractivity contribution in [3.05, 3.63) is 24.3 Å². The molecule has 0 amide bonds. The Morgan fingerprint density at radius 3 is 2.78 bits per heavy atom. The fourth-order valence-corrected chi connectivity index (χ4v) is 1.54. The minimum absolute atomic E-state index is 0.0833. The molecule has 0 aromatic heterocycles. The van der Waals surface area contributed by atoms with Crippen molar-refractivity contribution in [2.45, 2.75) is 12.0 Å². The predicted octanol–water partition coefficient (Wildman–Crippen LogP) is 1.52. The molecule has 0 N–H and O–H groups in total. The van der Waals surface area contributed by atoms with Gasteiger partial charge in [0.15, 0.2) is 0 Å². The summed E-state index contributed by atoms with van der Waals surface area (Å²) in [5.41, 5.74) is 0.0833. The van der Waals surface area contributed by atoms with Crippen LogP contribution in [-0.4, -0.2) is 12.7 Å². The van der Waals surface area contributed by atoms with Crippen LogP contribution < -0.4 is 0 Å². The first kappa shape index (κ1) is 5.24. The van der Waals surface area contributed by atoms with Gasteiger partial charge in [-0.15, -0.1) is 0 Å². The molecular formula is C8H10O. The van der Waals surface area contributed by atoms with E-state index in [2.05, 4.69) is 24.3 Å². The van der Waals surface area contributed by atoms with Gasteiger partial charge >= 0.3 is 0 Å². The van der Waals surface area contributed by atoms with E-state index in [-0.39, 0.29) is 5.60 Å². The third kappa shape index (κ3) is 0.479. The number of hydrogen-bond acceptors (Lipinski definition) is 1. The Morgan fingerprint density at radius 2 is 2.44 bits per heavy atom. The lowest BCUT2D eigenvalue weighted by Gasteiger charge is -2.36. The Bertz CT molecular complexity index is 181. The molecule has 0 saturated heterocycles. The molecule has 2 rings (SSSR count). The van der Waals surface area contributed by atoms with Crippen LogP contribution in [0, 0.1) is 5.92 Å². The molecule has 0 radical (unpaired) electrons. The molecule has 2 aliphatic rings. The molecule has 0 aromatic rings. The monoisotopic (exact) mass is 122 g/mol. The summed E-state index contributed by atoms with van der Waals surface area (Å²) in [4.78, 5) is 0. The Balaban J connectivity index is 2.26. The molecule has 2 aliphatic carbocycles. The first-order valence-electron chi connectivity index (χ1n) is 3.28. The zero-order chi connectivity index (χ0) is 6.32. The molecule has 0 fully saturated rings.